The number of aromatic amines is 1. The molecular weight excluding hydrogens is 312 g/mol. The molecule has 0 bridgehead atoms. The summed E-state index contributed by atoms with van der Waals surface area (Å²) >= 11 is 0.966. The summed E-state index contributed by atoms with van der Waals surface area (Å²) in [7, 11) is 0. The number of hydrogen-bond donors (Lipinski definition) is 4. The number of rotatable bonds is 5. The SMILES string of the molecule is Cc1c(C(=O)NC(CC(N)=O)C(=O)O)sc2nc[nH]c(=O)c12. The second-order valence-electron chi connectivity index (χ2n) is 4.50. The third-order valence-electron chi connectivity index (χ3n) is 2.95. The number of amides is 2. The Morgan fingerprint density at radius 3 is 2.73 bits per heavy atom. The third kappa shape index (κ3) is 2.96. The minimum Gasteiger partial charge on any atom is -0.480 e. The van der Waals surface area contributed by atoms with E-state index >= 15 is 0 Å². The molecule has 0 saturated carbocycles. The van der Waals surface area contributed by atoms with Crippen LogP contribution in [0.4, 0.5) is 0 Å². The first-order valence-corrected chi connectivity index (χ1v) is 6.91. The van der Waals surface area contributed by atoms with Crippen molar-refractivity contribution in [2.75, 3.05) is 0 Å². The number of nitrogens with zero attached hydrogens (tertiary/aromatic N) is 1. The molecule has 9 nitrogen and oxygen atoms in total. The van der Waals surface area contributed by atoms with Gasteiger partial charge in [-0.05, 0) is 12.5 Å². The number of carbonyl (C=O) groups is 3. The molecule has 1 unspecified atom stereocenters. The van der Waals surface area contributed by atoms with Crippen LogP contribution in [0.2, 0.25) is 0 Å². The molecule has 5 N–H and O–H groups in total. The van der Waals surface area contributed by atoms with Crippen LogP contribution in [0.25, 0.3) is 10.2 Å². The lowest BCUT2D eigenvalue weighted by Gasteiger charge is -2.12. The first kappa shape index (κ1) is 15.6. The van der Waals surface area contributed by atoms with Crippen LogP contribution in [-0.4, -0.2) is 38.9 Å². The number of thiophene rings is 1. The average molecular weight is 324 g/mol. The zero-order valence-corrected chi connectivity index (χ0v) is 12.2. The maximum absolute atomic E-state index is 12.2. The number of carboxylic acid groups (broad SMARTS) is 1. The smallest absolute Gasteiger partial charge is 0.326 e. The molecule has 0 aliphatic rings. The molecule has 1 atom stereocenters. The standard InChI is InChI=1S/C12H12N4O5S/c1-4-7-9(18)14-3-15-11(7)22-8(4)10(19)16-5(12(20)21)2-6(13)17/h3,5H,2H2,1H3,(H2,13,17)(H,16,19)(H,20,21)(H,14,15,18). The number of nitrogens with two attached hydrogens (primary N) is 1. The molecule has 0 aromatic carbocycles. The summed E-state index contributed by atoms with van der Waals surface area (Å²) in [5.41, 5.74) is 4.96. The van der Waals surface area contributed by atoms with Crippen molar-refractivity contribution in [3.05, 3.63) is 27.1 Å². The van der Waals surface area contributed by atoms with Gasteiger partial charge in [0.15, 0.2) is 0 Å². The summed E-state index contributed by atoms with van der Waals surface area (Å²) < 4.78 is 0. The number of aliphatic carboxylic acids is 1. The van der Waals surface area contributed by atoms with Gasteiger partial charge < -0.3 is 21.1 Å². The summed E-state index contributed by atoms with van der Waals surface area (Å²) in [5, 5.41) is 11.5. The van der Waals surface area contributed by atoms with E-state index in [1.54, 1.807) is 6.92 Å². The van der Waals surface area contributed by atoms with Gasteiger partial charge in [-0.25, -0.2) is 9.78 Å². The van der Waals surface area contributed by atoms with E-state index in [0.717, 1.165) is 11.3 Å². The number of carboxylic acids is 1. The number of hydrogen-bond acceptors (Lipinski definition) is 6. The number of aryl methyl sites for hydroxylation is 1. The number of nitrogens with one attached hydrogen (secondary N) is 2. The fourth-order valence-corrected chi connectivity index (χ4v) is 2.97. The normalized spacial score (nSPS) is 12.0. The van der Waals surface area contributed by atoms with Gasteiger partial charge in [0.2, 0.25) is 5.91 Å². The van der Waals surface area contributed by atoms with Gasteiger partial charge in [0.05, 0.1) is 23.0 Å². The van der Waals surface area contributed by atoms with Gasteiger partial charge in [0.25, 0.3) is 11.5 Å². The number of H-pyrrole nitrogens is 1. The zero-order chi connectivity index (χ0) is 16.4. The van der Waals surface area contributed by atoms with E-state index < -0.39 is 30.2 Å². The summed E-state index contributed by atoms with van der Waals surface area (Å²) in [5.74, 6) is -2.92. The third-order valence-corrected chi connectivity index (χ3v) is 4.15. The molecular formula is C12H12N4O5S. The Kier molecular flexibility index (Phi) is 4.22. The van der Waals surface area contributed by atoms with Crippen molar-refractivity contribution in [2.24, 2.45) is 5.73 Å². The van der Waals surface area contributed by atoms with E-state index in [1.807, 2.05) is 0 Å². The molecule has 10 heteroatoms. The molecule has 2 aromatic rings. The van der Waals surface area contributed by atoms with Crippen LogP contribution in [0.3, 0.4) is 0 Å². The molecule has 2 heterocycles. The molecule has 2 amide bonds. The number of primary amides is 1. The highest BCUT2D eigenvalue weighted by molar-refractivity contribution is 7.20. The first-order valence-electron chi connectivity index (χ1n) is 6.10. The molecule has 2 aromatic heterocycles. The van der Waals surface area contributed by atoms with Gasteiger partial charge in [-0.15, -0.1) is 11.3 Å². The molecule has 0 saturated heterocycles. The fourth-order valence-electron chi connectivity index (χ4n) is 1.92. The van der Waals surface area contributed by atoms with E-state index in [0.29, 0.717) is 10.4 Å². The summed E-state index contributed by atoms with van der Waals surface area (Å²) in [6.45, 7) is 1.56. The van der Waals surface area contributed by atoms with Gasteiger partial charge in [-0.3, -0.25) is 14.4 Å². The Morgan fingerprint density at radius 1 is 1.50 bits per heavy atom. The van der Waals surface area contributed by atoms with E-state index in [2.05, 4.69) is 15.3 Å². The minimum atomic E-state index is -1.43. The second-order valence-corrected chi connectivity index (χ2v) is 5.50. The predicted octanol–water partition coefficient (Wildman–Crippen LogP) is -0.649. The van der Waals surface area contributed by atoms with Crippen LogP contribution in [0.1, 0.15) is 21.7 Å². The molecule has 0 fully saturated rings. The van der Waals surface area contributed by atoms with Crippen molar-refractivity contribution in [3.63, 3.8) is 0 Å². The van der Waals surface area contributed by atoms with Gasteiger partial charge in [-0.2, -0.15) is 0 Å². The second kappa shape index (κ2) is 5.93. The molecule has 116 valence electrons. The van der Waals surface area contributed by atoms with E-state index in [-0.39, 0.29) is 15.8 Å². The van der Waals surface area contributed by atoms with Crippen LogP contribution in [0, 0.1) is 6.92 Å². The van der Waals surface area contributed by atoms with E-state index in [9.17, 15) is 19.2 Å². The highest BCUT2D eigenvalue weighted by atomic mass is 32.1. The van der Waals surface area contributed by atoms with Crippen molar-refractivity contribution in [2.45, 2.75) is 19.4 Å². The van der Waals surface area contributed by atoms with Gasteiger partial charge in [-0.1, -0.05) is 0 Å². The highest BCUT2D eigenvalue weighted by Gasteiger charge is 2.25. The lowest BCUT2D eigenvalue weighted by molar-refractivity contribution is -0.140. The topological polar surface area (TPSA) is 155 Å². The van der Waals surface area contributed by atoms with Crippen molar-refractivity contribution >= 4 is 39.3 Å². The van der Waals surface area contributed by atoms with Crippen LogP contribution in [0.5, 0.6) is 0 Å². The van der Waals surface area contributed by atoms with Crippen molar-refractivity contribution in [1.82, 2.24) is 15.3 Å². The average Bonchev–Trinajstić information content (AvgIpc) is 2.76. The van der Waals surface area contributed by atoms with Crippen LogP contribution in [-0.2, 0) is 9.59 Å². The first-order chi connectivity index (χ1) is 10.3. The molecule has 0 spiro atoms. The lowest BCUT2D eigenvalue weighted by atomic mass is 10.1. The summed E-state index contributed by atoms with van der Waals surface area (Å²) in [6, 6.07) is -1.43. The van der Waals surface area contributed by atoms with Crippen molar-refractivity contribution in [3.8, 4) is 0 Å². The van der Waals surface area contributed by atoms with Gasteiger partial charge >= 0.3 is 5.97 Å². The van der Waals surface area contributed by atoms with Crippen LogP contribution in [0.15, 0.2) is 11.1 Å². The van der Waals surface area contributed by atoms with Gasteiger partial charge in [0.1, 0.15) is 10.9 Å². The quantitative estimate of drug-likeness (QED) is 0.573. The Morgan fingerprint density at radius 2 is 2.18 bits per heavy atom. The molecule has 0 aliphatic heterocycles. The number of fused-ring (bicyclic) bond motifs is 1. The Balaban J connectivity index is 2.35. The highest BCUT2D eigenvalue weighted by Crippen LogP contribution is 2.26. The van der Waals surface area contributed by atoms with Gasteiger partial charge in [0, 0.05) is 0 Å². The zero-order valence-electron chi connectivity index (χ0n) is 11.4. The van der Waals surface area contributed by atoms with Crippen LogP contribution < -0.4 is 16.6 Å². The van der Waals surface area contributed by atoms with E-state index in [4.69, 9.17) is 10.8 Å². The number of carbonyl (C=O) groups excluding carboxylic acids is 2. The largest absolute Gasteiger partial charge is 0.480 e. The maximum Gasteiger partial charge on any atom is 0.326 e. The van der Waals surface area contributed by atoms with Crippen molar-refractivity contribution in [1.29, 1.82) is 0 Å². The fraction of sp³-hybridized carbons (Fsp3) is 0.250. The number of aromatic nitrogens is 2. The van der Waals surface area contributed by atoms with Crippen LogP contribution >= 0.6 is 11.3 Å². The Hall–Kier alpha value is -2.75. The lowest BCUT2D eigenvalue weighted by Crippen LogP contribution is -2.43. The minimum absolute atomic E-state index is 0.162. The maximum atomic E-state index is 12.2. The monoisotopic (exact) mass is 324 g/mol. The summed E-state index contributed by atoms with van der Waals surface area (Å²) in [6.07, 6.45) is 0.694. The Bertz CT molecular complexity index is 825. The summed E-state index contributed by atoms with van der Waals surface area (Å²) in [4.78, 5) is 52.7. The van der Waals surface area contributed by atoms with E-state index in [1.165, 1.54) is 6.33 Å². The molecule has 22 heavy (non-hydrogen) atoms. The molecule has 2 rings (SSSR count). The Labute approximate surface area is 127 Å². The predicted molar refractivity (Wildman–Crippen MR) is 77.7 cm³/mol. The molecule has 0 radical (unpaired) electrons. The van der Waals surface area contributed by atoms with Crippen molar-refractivity contribution < 1.29 is 19.5 Å². The molecule has 0 aliphatic carbocycles.